The number of halogens is 1. The molecule has 0 spiro atoms. The molecule has 3 aromatic rings. The van der Waals surface area contributed by atoms with E-state index in [-0.39, 0.29) is 5.82 Å². The molecule has 0 bridgehead atoms. The predicted octanol–water partition coefficient (Wildman–Crippen LogP) is 4.91. The van der Waals surface area contributed by atoms with Crippen LogP contribution in [0.5, 0.6) is 0 Å². The molecule has 2 aromatic carbocycles. The smallest absolute Gasteiger partial charge is 0.222 e. The van der Waals surface area contributed by atoms with E-state index in [0.717, 1.165) is 39.1 Å². The van der Waals surface area contributed by atoms with E-state index in [1.807, 2.05) is 19.2 Å². The molecule has 0 saturated carbocycles. The Morgan fingerprint density at radius 1 is 1.00 bits per heavy atom. The summed E-state index contributed by atoms with van der Waals surface area (Å²) in [5.41, 5.74) is 9.35. The largest absolute Gasteiger partial charge is 0.357 e. The van der Waals surface area contributed by atoms with E-state index in [1.54, 1.807) is 13.1 Å². The summed E-state index contributed by atoms with van der Waals surface area (Å²) in [4.78, 5) is 14.0. The number of fused-ring (bicyclic) bond motifs is 3. The fraction of sp³-hybridized carbons (Fsp3) is 0.261. The molecule has 0 radical (unpaired) electrons. The summed E-state index contributed by atoms with van der Waals surface area (Å²) >= 11 is 0. The van der Waals surface area contributed by atoms with Crippen molar-refractivity contribution in [2.75, 3.05) is 12.4 Å². The normalized spacial score (nSPS) is 12.7. The molecule has 0 amide bonds. The van der Waals surface area contributed by atoms with Crippen molar-refractivity contribution in [3.63, 3.8) is 0 Å². The minimum Gasteiger partial charge on any atom is -0.357 e. The lowest BCUT2D eigenvalue weighted by molar-refractivity contribution is 0.624. The van der Waals surface area contributed by atoms with Crippen LogP contribution >= 0.6 is 0 Å². The Hall–Kier alpha value is -3.08. The highest BCUT2D eigenvalue weighted by molar-refractivity contribution is 6.18. The van der Waals surface area contributed by atoms with Crippen LogP contribution in [-0.4, -0.2) is 22.7 Å². The van der Waals surface area contributed by atoms with Crippen LogP contribution in [0.2, 0.25) is 0 Å². The molecule has 1 aliphatic heterocycles. The molecular weight excluding hydrogens is 351 g/mol. The lowest BCUT2D eigenvalue weighted by Crippen LogP contribution is -2.11. The number of rotatable bonds is 2. The second-order valence-electron chi connectivity index (χ2n) is 7.28. The first-order valence-electron chi connectivity index (χ1n) is 9.37. The Morgan fingerprint density at radius 3 is 2.50 bits per heavy atom. The van der Waals surface area contributed by atoms with Crippen LogP contribution in [0.1, 0.15) is 38.9 Å². The third-order valence-electron chi connectivity index (χ3n) is 5.61. The molecule has 0 fully saturated rings. The molecule has 1 aromatic heterocycles. The molecule has 28 heavy (non-hydrogen) atoms. The minimum atomic E-state index is -0.256. The van der Waals surface area contributed by atoms with Gasteiger partial charge in [-0.05, 0) is 62.1 Å². The van der Waals surface area contributed by atoms with Gasteiger partial charge in [-0.1, -0.05) is 12.1 Å². The van der Waals surface area contributed by atoms with Crippen LogP contribution in [0.15, 0.2) is 35.5 Å². The number of nitrogens with one attached hydrogen (secondary N) is 1. The number of aliphatic imine (C=N–C) groups is 1. The van der Waals surface area contributed by atoms with Crippen LogP contribution in [0.25, 0.3) is 11.3 Å². The average Bonchev–Trinajstić information content (AvgIpc) is 2.83. The zero-order valence-corrected chi connectivity index (χ0v) is 16.8. The third kappa shape index (κ3) is 2.78. The summed E-state index contributed by atoms with van der Waals surface area (Å²) in [5, 5.41) is 3.02. The summed E-state index contributed by atoms with van der Waals surface area (Å²) in [6.45, 7) is 8.63. The number of aromatic nitrogens is 2. The number of anilines is 1. The van der Waals surface area contributed by atoms with Gasteiger partial charge in [-0.15, -0.1) is 0 Å². The van der Waals surface area contributed by atoms with Gasteiger partial charge in [-0.3, -0.25) is 4.99 Å². The standard InChI is InChI=1S/C23H23FN4/c1-12-7-6-8-18(24)19(12)22-17-9-13(2)14(3)15(4)20(17)21-16(10-26-22)11-27-23(25-5)28-21/h6-9,11H,10H2,1-5H3,(H,25,27,28). The van der Waals surface area contributed by atoms with Crippen LogP contribution in [-0.2, 0) is 6.54 Å². The first-order chi connectivity index (χ1) is 13.4. The highest BCUT2D eigenvalue weighted by atomic mass is 19.1. The molecule has 1 N–H and O–H groups in total. The molecule has 0 aliphatic carbocycles. The fourth-order valence-corrected chi connectivity index (χ4v) is 3.83. The predicted molar refractivity (Wildman–Crippen MR) is 112 cm³/mol. The first kappa shape index (κ1) is 18.3. The SMILES string of the molecule is CNc1ncc2c(n1)-c1c(cc(C)c(C)c1C)C(c1c(C)cccc1F)=NC2. The number of hydrogen-bond acceptors (Lipinski definition) is 4. The van der Waals surface area contributed by atoms with E-state index in [9.17, 15) is 4.39 Å². The molecule has 0 unspecified atom stereocenters. The summed E-state index contributed by atoms with van der Waals surface area (Å²) in [6.07, 6.45) is 1.81. The number of benzene rings is 2. The highest BCUT2D eigenvalue weighted by Gasteiger charge is 2.26. The summed E-state index contributed by atoms with van der Waals surface area (Å²) in [7, 11) is 1.80. The first-order valence-corrected chi connectivity index (χ1v) is 9.37. The molecule has 4 rings (SSSR count). The van der Waals surface area contributed by atoms with Crippen molar-refractivity contribution >= 4 is 11.7 Å². The van der Waals surface area contributed by atoms with Crippen molar-refractivity contribution < 1.29 is 4.39 Å². The van der Waals surface area contributed by atoms with Crippen molar-refractivity contribution in [3.8, 4) is 11.3 Å². The molecule has 5 heteroatoms. The molecule has 142 valence electrons. The van der Waals surface area contributed by atoms with E-state index in [4.69, 9.17) is 9.98 Å². The maximum Gasteiger partial charge on any atom is 0.222 e. The van der Waals surface area contributed by atoms with E-state index < -0.39 is 0 Å². The van der Waals surface area contributed by atoms with Gasteiger partial charge >= 0.3 is 0 Å². The van der Waals surface area contributed by atoms with Gasteiger partial charge in [0.15, 0.2) is 0 Å². The van der Waals surface area contributed by atoms with E-state index >= 15 is 0 Å². The Labute approximate surface area is 164 Å². The fourth-order valence-electron chi connectivity index (χ4n) is 3.83. The number of nitrogens with zero attached hydrogens (tertiary/aromatic N) is 3. The minimum absolute atomic E-state index is 0.256. The Kier molecular flexibility index (Phi) is 4.46. The van der Waals surface area contributed by atoms with Gasteiger partial charge in [0.2, 0.25) is 5.95 Å². The lowest BCUT2D eigenvalue weighted by atomic mass is 9.86. The maximum absolute atomic E-state index is 14.9. The maximum atomic E-state index is 14.9. The van der Waals surface area contributed by atoms with Crippen molar-refractivity contribution in [2.24, 2.45) is 4.99 Å². The Morgan fingerprint density at radius 2 is 1.79 bits per heavy atom. The second kappa shape index (κ2) is 6.82. The van der Waals surface area contributed by atoms with Gasteiger partial charge < -0.3 is 5.32 Å². The van der Waals surface area contributed by atoms with Crippen molar-refractivity contribution in [2.45, 2.75) is 34.2 Å². The van der Waals surface area contributed by atoms with Gasteiger partial charge in [0.1, 0.15) is 5.82 Å². The van der Waals surface area contributed by atoms with Crippen molar-refractivity contribution in [1.82, 2.24) is 9.97 Å². The van der Waals surface area contributed by atoms with E-state index in [0.29, 0.717) is 23.8 Å². The molecule has 2 heterocycles. The van der Waals surface area contributed by atoms with Crippen LogP contribution in [0, 0.1) is 33.5 Å². The Bertz CT molecular complexity index is 1110. The van der Waals surface area contributed by atoms with Crippen molar-refractivity contribution in [1.29, 1.82) is 0 Å². The monoisotopic (exact) mass is 374 g/mol. The molecule has 0 atom stereocenters. The van der Waals surface area contributed by atoms with Crippen LogP contribution < -0.4 is 5.32 Å². The summed E-state index contributed by atoms with van der Waals surface area (Å²) in [6, 6.07) is 7.26. The highest BCUT2D eigenvalue weighted by Crippen LogP contribution is 2.37. The molecule has 1 aliphatic rings. The van der Waals surface area contributed by atoms with Crippen LogP contribution in [0.3, 0.4) is 0 Å². The van der Waals surface area contributed by atoms with Gasteiger partial charge in [0.25, 0.3) is 0 Å². The van der Waals surface area contributed by atoms with Gasteiger partial charge in [0.05, 0.1) is 18.0 Å². The molecule has 0 saturated heterocycles. The molecule has 4 nitrogen and oxygen atoms in total. The Balaban J connectivity index is 2.10. The molecular formula is C23H23FN4. The number of aryl methyl sites for hydroxylation is 2. The topological polar surface area (TPSA) is 50.2 Å². The van der Waals surface area contributed by atoms with Gasteiger partial charge in [-0.2, -0.15) is 0 Å². The van der Waals surface area contributed by atoms with Crippen molar-refractivity contribution in [3.05, 3.63) is 75.2 Å². The zero-order valence-electron chi connectivity index (χ0n) is 16.8. The van der Waals surface area contributed by atoms with E-state index in [2.05, 4.69) is 37.1 Å². The number of hydrogen-bond donors (Lipinski definition) is 1. The zero-order chi connectivity index (χ0) is 20.0. The average molecular weight is 374 g/mol. The van der Waals surface area contributed by atoms with Gasteiger partial charge in [-0.25, -0.2) is 14.4 Å². The quantitative estimate of drug-likeness (QED) is 0.693. The van der Waals surface area contributed by atoms with E-state index in [1.165, 1.54) is 11.6 Å². The van der Waals surface area contributed by atoms with Crippen LogP contribution in [0.4, 0.5) is 10.3 Å². The third-order valence-corrected chi connectivity index (χ3v) is 5.61. The lowest BCUT2D eigenvalue weighted by Gasteiger charge is -2.19. The van der Waals surface area contributed by atoms with Gasteiger partial charge in [0, 0.05) is 35.5 Å². The summed E-state index contributed by atoms with van der Waals surface area (Å²) in [5.74, 6) is 0.307. The second-order valence-corrected chi connectivity index (χ2v) is 7.28. The summed E-state index contributed by atoms with van der Waals surface area (Å²) < 4.78 is 14.9.